The van der Waals surface area contributed by atoms with Crippen molar-refractivity contribution in [2.75, 3.05) is 7.11 Å². The SMILES string of the molecule is COc1c(C)cnc(CC(=O)C2CCC(C)(C)CC2)c1C. The van der Waals surface area contributed by atoms with Crippen LogP contribution < -0.4 is 4.74 Å². The first kappa shape index (κ1) is 16.0. The first-order valence-corrected chi connectivity index (χ1v) is 7.86. The van der Waals surface area contributed by atoms with Gasteiger partial charge in [-0.1, -0.05) is 13.8 Å². The molecular weight excluding hydrogens is 262 g/mol. The molecule has 1 aliphatic rings. The molecule has 0 aromatic carbocycles. The maximum atomic E-state index is 12.5. The number of rotatable bonds is 4. The molecule has 0 unspecified atom stereocenters. The highest BCUT2D eigenvalue weighted by atomic mass is 16.5. The van der Waals surface area contributed by atoms with Crippen LogP contribution in [0.3, 0.4) is 0 Å². The highest BCUT2D eigenvalue weighted by molar-refractivity contribution is 5.83. The number of ketones is 1. The predicted molar refractivity (Wildman–Crippen MR) is 84.7 cm³/mol. The molecule has 0 spiro atoms. The van der Waals surface area contributed by atoms with Gasteiger partial charge in [-0.2, -0.15) is 0 Å². The summed E-state index contributed by atoms with van der Waals surface area (Å²) >= 11 is 0. The summed E-state index contributed by atoms with van der Waals surface area (Å²) in [7, 11) is 1.67. The van der Waals surface area contributed by atoms with E-state index in [1.807, 2.05) is 13.8 Å². The quantitative estimate of drug-likeness (QED) is 0.840. The van der Waals surface area contributed by atoms with Crippen molar-refractivity contribution >= 4 is 5.78 Å². The van der Waals surface area contributed by atoms with Gasteiger partial charge in [0.15, 0.2) is 0 Å². The van der Waals surface area contributed by atoms with Gasteiger partial charge in [0.25, 0.3) is 0 Å². The van der Waals surface area contributed by atoms with E-state index in [1.54, 1.807) is 13.3 Å². The van der Waals surface area contributed by atoms with Crippen molar-refractivity contribution < 1.29 is 9.53 Å². The molecule has 3 nitrogen and oxygen atoms in total. The minimum Gasteiger partial charge on any atom is -0.496 e. The molecule has 1 saturated carbocycles. The van der Waals surface area contributed by atoms with E-state index in [4.69, 9.17) is 4.74 Å². The normalized spacial score (nSPS) is 18.5. The molecular formula is C18H27NO2. The Bertz CT molecular complexity index is 524. The Morgan fingerprint density at radius 3 is 2.52 bits per heavy atom. The van der Waals surface area contributed by atoms with E-state index in [9.17, 15) is 4.79 Å². The lowest BCUT2D eigenvalue weighted by atomic mass is 9.71. The second-order valence-corrected chi connectivity index (χ2v) is 7.13. The maximum absolute atomic E-state index is 12.5. The number of hydrogen-bond donors (Lipinski definition) is 0. The van der Waals surface area contributed by atoms with E-state index in [-0.39, 0.29) is 5.92 Å². The summed E-state index contributed by atoms with van der Waals surface area (Å²) in [6.07, 6.45) is 6.58. The molecule has 1 aromatic heterocycles. The van der Waals surface area contributed by atoms with Crippen LogP contribution in [-0.4, -0.2) is 17.9 Å². The number of carbonyl (C=O) groups is 1. The summed E-state index contributed by atoms with van der Waals surface area (Å²) in [5, 5.41) is 0. The Kier molecular flexibility index (Phi) is 4.70. The highest BCUT2D eigenvalue weighted by Crippen LogP contribution is 2.38. The molecule has 0 saturated heterocycles. The zero-order valence-corrected chi connectivity index (χ0v) is 14.0. The largest absolute Gasteiger partial charge is 0.496 e. The van der Waals surface area contributed by atoms with Crippen LogP contribution in [0.4, 0.5) is 0 Å². The lowest BCUT2D eigenvalue weighted by molar-refractivity contribution is -0.123. The van der Waals surface area contributed by atoms with Gasteiger partial charge in [0, 0.05) is 29.7 Å². The fourth-order valence-corrected chi connectivity index (χ4v) is 3.28. The Labute approximate surface area is 128 Å². The Balaban J connectivity index is 2.07. The van der Waals surface area contributed by atoms with E-state index in [2.05, 4.69) is 18.8 Å². The zero-order chi connectivity index (χ0) is 15.6. The molecule has 0 atom stereocenters. The lowest BCUT2D eigenvalue weighted by Crippen LogP contribution is -2.27. The van der Waals surface area contributed by atoms with Gasteiger partial charge in [-0.25, -0.2) is 0 Å². The third-order valence-electron chi connectivity index (χ3n) is 4.89. The van der Waals surface area contributed by atoms with E-state index in [1.165, 1.54) is 0 Å². The Hall–Kier alpha value is -1.38. The van der Waals surface area contributed by atoms with Crippen LogP contribution in [-0.2, 0) is 11.2 Å². The maximum Gasteiger partial charge on any atom is 0.141 e. The second kappa shape index (κ2) is 6.17. The number of carbonyl (C=O) groups excluding carboxylic acids is 1. The lowest BCUT2D eigenvalue weighted by Gasteiger charge is -2.33. The minimum absolute atomic E-state index is 0.214. The predicted octanol–water partition coefficient (Wildman–Crippen LogP) is 4.04. The molecule has 0 aliphatic heterocycles. The topological polar surface area (TPSA) is 39.2 Å². The van der Waals surface area contributed by atoms with Crippen LogP contribution >= 0.6 is 0 Å². The monoisotopic (exact) mass is 289 g/mol. The molecule has 1 fully saturated rings. The van der Waals surface area contributed by atoms with Gasteiger partial charge in [-0.3, -0.25) is 9.78 Å². The van der Waals surface area contributed by atoms with Crippen LogP contribution in [0.1, 0.15) is 56.4 Å². The van der Waals surface area contributed by atoms with Crippen LogP contribution in [0.5, 0.6) is 5.75 Å². The first-order chi connectivity index (χ1) is 9.84. The number of methoxy groups -OCH3 is 1. The van der Waals surface area contributed by atoms with Crippen LogP contribution in [0.25, 0.3) is 0 Å². The molecule has 0 amide bonds. The number of ether oxygens (including phenoxy) is 1. The number of aryl methyl sites for hydroxylation is 1. The van der Waals surface area contributed by atoms with Gasteiger partial charge >= 0.3 is 0 Å². The summed E-state index contributed by atoms with van der Waals surface area (Å²) < 4.78 is 5.42. The molecule has 1 aliphatic carbocycles. The van der Waals surface area contributed by atoms with E-state index < -0.39 is 0 Å². The van der Waals surface area contributed by atoms with Gasteiger partial charge in [-0.15, -0.1) is 0 Å². The molecule has 2 rings (SSSR count). The van der Waals surface area contributed by atoms with Gasteiger partial charge < -0.3 is 4.74 Å². The minimum atomic E-state index is 0.214. The summed E-state index contributed by atoms with van der Waals surface area (Å²) in [6, 6.07) is 0. The summed E-state index contributed by atoms with van der Waals surface area (Å²) in [6.45, 7) is 8.56. The van der Waals surface area contributed by atoms with Crippen LogP contribution in [0.2, 0.25) is 0 Å². The third-order valence-corrected chi connectivity index (χ3v) is 4.89. The van der Waals surface area contributed by atoms with Crippen molar-refractivity contribution in [1.29, 1.82) is 0 Å². The molecule has 0 radical (unpaired) electrons. The van der Waals surface area contributed by atoms with Gasteiger partial charge in [0.1, 0.15) is 11.5 Å². The number of Topliss-reactive ketones (excluding diaryl/α,β-unsaturated/α-hetero) is 1. The number of pyridine rings is 1. The van der Waals surface area contributed by atoms with Crippen molar-refractivity contribution in [3.63, 3.8) is 0 Å². The van der Waals surface area contributed by atoms with Gasteiger partial charge in [0.05, 0.1) is 12.8 Å². The number of aromatic nitrogens is 1. The van der Waals surface area contributed by atoms with Gasteiger partial charge in [0.2, 0.25) is 0 Å². The number of nitrogens with zero attached hydrogens (tertiary/aromatic N) is 1. The van der Waals surface area contributed by atoms with Crippen molar-refractivity contribution in [2.24, 2.45) is 11.3 Å². The molecule has 116 valence electrons. The van der Waals surface area contributed by atoms with Crippen LogP contribution in [0.15, 0.2) is 6.20 Å². The fraction of sp³-hybridized carbons (Fsp3) is 0.667. The van der Waals surface area contributed by atoms with E-state index >= 15 is 0 Å². The second-order valence-electron chi connectivity index (χ2n) is 7.13. The Morgan fingerprint density at radius 2 is 1.95 bits per heavy atom. The van der Waals surface area contributed by atoms with Crippen molar-refractivity contribution in [3.05, 3.63) is 23.0 Å². The molecule has 3 heteroatoms. The standard InChI is InChI=1S/C18H27NO2/c1-12-11-19-15(13(2)17(12)21-5)10-16(20)14-6-8-18(3,4)9-7-14/h11,14H,6-10H2,1-5H3. The van der Waals surface area contributed by atoms with E-state index in [0.29, 0.717) is 17.6 Å². The Morgan fingerprint density at radius 1 is 1.33 bits per heavy atom. The third kappa shape index (κ3) is 3.63. The smallest absolute Gasteiger partial charge is 0.141 e. The molecule has 21 heavy (non-hydrogen) atoms. The molecule has 0 bridgehead atoms. The van der Waals surface area contributed by atoms with Crippen molar-refractivity contribution in [3.8, 4) is 5.75 Å². The highest BCUT2D eigenvalue weighted by Gasteiger charge is 2.30. The van der Waals surface area contributed by atoms with Crippen molar-refractivity contribution in [2.45, 2.75) is 59.8 Å². The first-order valence-electron chi connectivity index (χ1n) is 7.86. The summed E-state index contributed by atoms with van der Waals surface area (Å²) in [5.74, 6) is 1.41. The number of hydrogen-bond acceptors (Lipinski definition) is 3. The van der Waals surface area contributed by atoms with Crippen molar-refractivity contribution in [1.82, 2.24) is 4.98 Å². The van der Waals surface area contributed by atoms with Gasteiger partial charge in [-0.05, 0) is 44.9 Å². The fourth-order valence-electron chi connectivity index (χ4n) is 3.28. The zero-order valence-electron chi connectivity index (χ0n) is 14.0. The van der Waals surface area contributed by atoms with Crippen LogP contribution in [0, 0.1) is 25.2 Å². The van der Waals surface area contributed by atoms with E-state index in [0.717, 1.165) is 48.3 Å². The summed E-state index contributed by atoms with van der Waals surface area (Å²) in [4.78, 5) is 17.0. The summed E-state index contributed by atoms with van der Waals surface area (Å²) in [5.41, 5.74) is 3.29. The average Bonchev–Trinajstić information content (AvgIpc) is 2.42. The molecule has 0 N–H and O–H groups in total. The average molecular weight is 289 g/mol. The molecule has 1 aromatic rings. The molecule has 1 heterocycles.